The molecule has 7 nitrogen and oxygen atoms in total. The second-order valence-electron chi connectivity index (χ2n) is 7.61. The summed E-state index contributed by atoms with van der Waals surface area (Å²) in [7, 11) is 1.56. The van der Waals surface area contributed by atoms with Gasteiger partial charge in [0.2, 0.25) is 0 Å². The van der Waals surface area contributed by atoms with E-state index in [0.29, 0.717) is 43.1 Å². The Kier molecular flexibility index (Phi) is 8.49. The summed E-state index contributed by atoms with van der Waals surface area (Å²) in [5.74, 6) is -0.130. The smallest absolute Gasteiger partial charge is 0.278 e. The number of amides is 2. The molecule has 0 fully saturated rings. The minimum Gasteiger partial charge on any atom is -0.496 e. The van der Waals surface area contributed by atoms with Crippen LogP contribution < -0.4 is 15.0 Å². The van der Waals surface area contributed by atoms with Gasteiger partial charge in [-0.1, -0.05) is 18.2 Å². The summed E-state index contributed by atoms with van der Waals surface area (Å²) in [5, 5.41) is 3.22. The van der Waals surface area contributed by atoms with Gasteiger partial charge in [0.25, 0.3) is 11.8 Å². The van der Waals surface area contributed by atoms with Crippen LogP contribution in [-0.2, 0) is 14.3 Å². The van der Waals surface area contributed by atoms with E-state index in [1.165, 1.54) is 4.90 Å². The summed E-state index contributed by atoms with van der Waals surface area (Å²) in [6.45, 7) is 9.36. The second kappa shape index (κ2) is 11.5. The quantitative estimate of drug-likeness (QED) is 0.386. The van der Waals surface area contributed by atoms with Gasteiger partial charge in [-0.05, 0) is 57.5 Å². The Morgan fingerprint density at radius 2 is 1.64 bits per heavy atom. The van der Waals surface area contributed by atoms with Crippen molar-refractivity contribution in [2.75, 3.05) is 50.2 Å². The van der Waals surface area contributed by atoms with Crippen molar-refractivity contribution < 1.29 is 19.1 Å². The van der Waals surface area contributed by atoms with E-state index in [2.05, 4.69) is 24.1 Å². The maximum absolute atomic E-state index is 13.4. The van der Waals surface area contributed by atoms with E-state index in [1.807, 2.05) is 43.3 Å². The third-order valence-corrected chi connectivity index (χ3v) is 5.68. The molecule has 1 aliphatic rings. The highest BCUT2D eigenvalue weighted by Gasteiger charge is 2.39. The van der Waals surface area contributed by atoms with Crippen molar-refractivity contribution in [2.24, 2.45) is 0 Å². The first-order valence-corrected chi connectivity index (χ1v) is 11.5. The summed E-state index contributed by atoms with van der Waals surface area (Å²) in [5.41, 5.74) is 3.02. The highest BCUT2D eigenvalue weighted by atomic mass is 16.5. The van der Waals surface area contributed by atoms with Gasteiger partial charge in [-0.2, -0.15) is 0 Å². The van der Waals surface area contributed by atoms with Crippen LogP contribution in [0.1, 0.15) is 32.8 Å². The van der Waals surface area contributed by atoms with Gasteiger partial charge in [0, 0.05) is 49.8 Å². The highest BCUT2D eigenvalue weighted by molar-refractivity contribution is 6.37. The lowest BCUT2D eigenvalue weighted by atomic mass is 10.0. The number of para-hydroxylation sites is 1. The van der Waals surface area contributed by atoms with Crippen molar-refractivity contribution in [1.82, 2.24) is 4.90 Å². The molecule has 33 heavy (non-hydrogen) atoms. The first kappa shape index (κ1) is 24.3. The number of nitrogens with zero attached hydrogens (tertiary/aromatic N) is 2. The van der Waals surface area contributed by atoms with Crippen molar-refractivity contribution in [3.8, 4) is 5.75 Å². The zero-order valence-electron chi connectivity index (χ0n) is 19.9. The summed E-state index contributed by atoms with van der Waals surface area (Å²) in [4.78, 5) is 30.2. The van der Waals surface area contributed by atoms with E-state index in [4.69, 9.17) is 9.47 Å². The van der Waals surface area contributed by atoms with Crippen LogP contribution in [-0.4, -0.2) is 56.7 Å². The van der Waals surface area contributed by atoms with Gasteiger partial charge >= 0.3 is 0 Å². The zero-order valence-corrected chi connectivity index (χ0v) is 19.9. The van der Waals surface area contributed by atoms with Gasteiger partial charge in [0.05, 0.1) is 12.7 Å². The minimum absolute atomic E-state index is 0.261. The van der Waals surface area contributed by atoms with Crippen molar-refractivity contribution in [2.45, 2.75) is 27.2 Å². The molecule has 176 valence electrons. The van der Waals surface area contributed by atoms with E-state index >= 15 is 0 Å². The summed E-state index contributed by atoms with van der Waals surface area (Å²) in [6, 6.07) is 15.1. The number of hydrogen-bond donors (Lipinski definition) is 1. The molecule has 0 atom stereocenters. The Bertz CT molecular complexity index is 997. The number of benzene rings is 2. The summed E-state index contributed by atoms with van der Waals surface area (Å²) < 4.78 is 10.9. The Morgan fingerprint density at radius 1 is 0.939 bits per heavy atom. The number of nitrogens with one attached hydrogen (secondary N) is 1. The summed E-state index contributed by atoms with van der Waals surface area (Å²) >= 11 is 0. The lowest BCUT2D eigenvalue weighted by Crippen LogP contribution is -2.34. The lowest BCUT2D eigenvalue weighted by molar-refractivity contribution is -0.137. The van der Waals surface area contributed by atoms with Crippen LogP contribution in [0.4, 0.5) is 11.4 Å². The molecule has 0 aliphatic carbocycles. The zero-order chi connectivity index (χ0) is 23.8. The molecule has 0 bridgehead atoms. The lowest BCUT2D eigenvalue weighted by Gasteiger charge is -2.21. The number of anilines is 2. The van der Waals surface area contributed by atoms with Crippen LogP contribution in [0, 0.1) is 0 Å². The molecule has 0 aromatic heterocycles. The average Bonchev–Trinajstić information content (AvgIpc) is 3.07. The molecule has 0 unspecified atom stereocenters. The topological polar surface area (TPSA) is 71.1 Å². The molecule has 2 aromatic carbocycles. The van der Waals surface area contributed by atoms with Crippen LogP contribution in [0.5, 0.6) is 5.75 Å². The van der Waals surface area contributed by atoms with E-state index in [9.17, 15) is 9.59 Å². The Labute approximate surface area is 196 Å². The van der Waals surface area contributed by atoms with E-state index in [0.717, 1.165) is 24.5 Å². The Hall–Kier alpha value is -3.32. The molecule has 2 aromatic rings. The minimum atomic E-state index is -0.342. The molecular weight excluding hydrogens is 418 g/mol. The standard InChI is InChI=1S/C26H33N3O4/c1-5-28(6-2)20-15-13-19(14-16-20)27-24-23(21-11-8-9-12-22(21)32-4)25(30)29(26(24)31)17-10-18-33-7-3/h8-9,11-16,27H,5-7,10,17-18H2,1-4H3. The molecule has 2 amide bonds. The van der Waals surface area contributed by atoms with Crippen molar-refractivity contribution in [3.05, 3.63) is 59.8 Å². The maximum atomic E-state index is 13.4. The number of rotatable bonds is 12. The predicted molar refractivity (Wildman–Crippen MR) is 131 cm³/mol. The largest absolute Gasteiger partial charge is 0.496 e. The van der Waals surface area contributed by atoms with Gasteiger partial charge in [0.1, 0.15) is 11.4 Å². The molecule has 0 saturated carbocycles. The highest BCUT2D eigenvalue weighted by Crippen LogP contribution is 2.35. The average molecular weight is 452 g/mol. The van der Waals surface area contributed by atoms with Crippen LogP contribution in [0.15, 0.2) is 54.2 Å². The third kappa shape index (κ3) is 5.37. The van der Waals surface area contributed by atoms with Crippen LogP contribution >= 0.6 is 0 Å². The SMILES string of the molecule is CCOCCCN1C(=O)C(Nc2ccc(N(CC)CC)cc2)=C(c2ccccc2OC)C1=O. The van der Waals surface area contributed by atoms with Gasteiger partial charge in [-0.3, -0.25) is 14.5 Å². The monoisotopic (exact) mass is 451 g/mol. The van der Waals surface area contributed by atoms with E-state index in [1.54, 1.807) is 19.2 Å². The number of imide groups is 1. The summed E-state index contributed by atoms with van der Waals surface area (Å²) in [6.07, 6.45) is 0.580. The van der Waals surface area contributed by atoms with Crippen molar-refractivity contribution >= 4 is 28.8 Å². The second-order valence-corrected chi connectivity index (χ2v) is 7.61. The number of carbonyl (C=O) groups excluding carboxylic acids is 2. The molecule has 7 heteroatoms. The molecule has 3 rings (SSSR count). The van der Waals surface area contributed by atoms with Crippen LogP contribution in [0.25, 0.3) is 5.57 Å². The molecule has 0 radical (unpaired) electrons. The van der Waals surface area contributed by atoms with E-state index in [-0.39, 0.29) is 17.5 Å². The molecule has 1 aliphatic heterocycles. The van der Waals surface area contributed by atoms with Gasteiger partial charge in [0.15, 0.2) is 0 Å². The van der Waals surface area contributed by atoms with Gasteiger partial charge in [-0.25, -0.2) is 0 Å². The van der Waals surface area contributed by atoms with Crippen LogP contribution in [0.3, 0.4) is 0 Å². The molecule has 1 heterocycles. The maximum Gasteiger partial charge on any atom is 0.278 e. The fraction of sp³-hybridized carbons (Fsp3) is 0.385. The predicted octanol–water partition coefficient (Wildman–Crippen LogP) is 4.16. The number of ether oxygens (including phenoxy) is 2. The molecule has 0 saturated heterocycles. The van der Waals surface area contributed by atoms with Gasteiger partial charge in [-0.15, -0.1) is 0 Å². The Morgan fingerprint density at radius 3 is 2.27 bits per heavy atom. The fourth-order valence-electron chi connectivity index (χ4n) is 3.95. The molecule has 0 spiro atoms. The van der Waals surface area contributed by atoms with E-state index < -0.39 is 0 Å². The number of hydrogen-bond acceptors (Lipinski definition) is 6. The fourth-order valence-corrected chi connectivity index (χ4v) is 3.95. The number of methoxy groups -OCH3 is 1. The van der Waals surface area contributed by atoms with Crippen molar-refractivity contribution in [3.63, 3.8) is 0 Å². The molecule has 1 N–H and O–H groups in total. The van der Waals surface area contributed by atoms with Gasteiger partial charge < -0.3 is 19.7 Å². The first-order chi connectivity index (χ1) is 16.0. The Balaban J connectivity index is 1.95. The van der Waals surface area contributed by atoms with Crippen molar-refractivity contribution in [1.29, 1.82) is 0 Å². The number of carbonyl (C=O) groups is 2. The normalized spacial score (nSPS) is 13.6. The first-order valence-electron chi connectivity index (χ1n) is 11.5. The third-order valence-electron chi connectivity index (χ3n) is 5.68. The molecular formula is C26H33N3O4. The van der Waals surface area contributed by atoms with Crippen LogP contribution in [0.2, 0.25) is 0 Å².